The molecule has 3 heteroatoms. The number of halogens is 1. The fourth-order valence-corrected chi connectivity index (χ4v) is 0.525. The molecular weight excluding hydrogens is 140 g/mol. The van der Waals surface area contributed by atoms with Crippen LogP contribution in [0.4, 0.5) is 0 Å². The molecule has 1 nitrogen and oxygen atoms in total. The molecule has 0 bridgehead atoms. The Labute approximate surface area is 80.4 Å². The van der Waals surface area contributed by atoms with Gasteiger partial charge < -0.3 is 16.6 Å². The second-order valence-electron chi connectivity index (χ2n) is 2.34. The van der Waals surface area contributed by atoms with Gasteiger partial charge in [0, 0.05) is 6.04 Å². The fraction of sp³-hybridized carbons (Fsp3) is 0.714. The molecule has 0 aliphatic carbocycles. The van der Waals surface area contributed by atoms with Crippen molar-refractivity contribution in [2.75, 3.05) is 0 Å². The molecule has 10 heavy (non-hydrogen) atoms. The number of hydrogen-bond acceptors (Lipinski definition) is 1. The summed E-state index contributed by atoms with van der Waals surface area (Å²) in [6.07, 6.45) is 0. The van der Waals surface area contributed by atoms with Gasteiger partial charge in [0.25, 0.3) is 0 Å². The molecule has 0 aromatic carbocycles. The van der Waals surface area contributed by atoms with E-state index in [4.69, 9.17) is 11.6 Å². The summed E-state index contributed by atoms with van der Waals surface area (Å²) in [6, 6.07) is 0.346. The summed E-state index contributed by atoms with van der Waals surface area (Å²) in [5, 5.41) is 0.781. The first-order valence-electron chi connectivity index (χ1n) is 3.08. The Morgan fingerprint density at radius 2 is 1.90 bits per heavy atom. The van der Waals surface area contributed by atoms with Gasteiger partial charge in [-0.15, -0.1) is 5.71 Å². The van der Waals surface area contributed by atoms with Gasteiger partial charge in [-0.2, -0.15) is 6.92 Å². The molecule has 0 aliphatic rings. The van der Waals surface area contributed by atoms with Crippen molar-refractivity contribution in [2.24, 2.45) is 4.99 Å². The van der Waals surface area contributed by atoms with Gasteiger partial charge >= 0.3 is 18.9 Å². The smallest absolute Gasteiger partial charge is 0.322 e. The van der Waals surface area contributed by atoms with E-state index in [-0.39, 0.29) is 18.9 Å². The summed E-state index contributed by atoms with van der Waals surface area (Å²) in [6.45, 7) is 7.83. The van der Waals surface area contributed by atoms with Gasteiger partial charge in [0.05, 0.1) is 0 Å². The SMILES string of the molecule is CC(=NC(C)C)[C-](C)Cl.[Li+]. The summed E-state index contributed by atoms with van der Waals surface area (Å²) < 4.78 is 0. The van der Waals surface area contributed by atoms with Crippen LogP contribution in [0, 0.1) is 5.38 Å². The summed E-state index contributed by atoms with van der Waals surface area (Å²) in [7, 11) is 0. The molecule has 54 valence electrons. The van der Waals surface area contributed by atoms with Crippen LogP contribution in [0.25, 0.3) is 0 Å². The summed E-state index contributed by atoms with van der Waals surface area (Å²) >= 11 is 5.66. The molecule has 0 saturated heterocycles. The van der Waals surface area contributed by atoms with Crippen molar-refractivity contribution in [3.63, 3.8) is 0 Å². The molecule has 0 saturated carbocycles. The predicted molar refractivity (Wildman–Crippen MR) is 43.0 cm³/mol. The molecule has 0 aromatic heterocycles. The van der Waals surface area contributed by atoms with Crippen LogP contribution in [0.2, 0.25) is 0 Å². The monoisotopic (exact) mass is 153 g/mol. The van der Waals surface area contributed by atoms with Crippen LogP contribution >= 0.6 is 11.6 Å². The summed E-state index contributed by atoms with van der Waals surface area (Å²) in [5.74, 6) is 0. The van der Waals surface area contributed by atoms with E-state index in [0.717, 1.165) is 11.1 Å². The van der Waals surface area contributed by atoms with Crippen molar-refractivity contribution < 1.29 is 18.9 Å². The van der Waals surface area contributed by atoms with Gasteiger partial charge in [-0.05, 0) is 13.8 Å². The topological polar surface area (TPSA) is 12.4 Å². The van der Waals surface area contributed by atoms with Gasteiger partial charge in [0.2, 0.25) is 0 Å². The minimum absolute atomic E-state index is 0. The molecule has 0 fully saturated rings. The zero-order valence-corrected chi connectivity index (χ0v) is 8.16. The van der Waals surface area contributed by atoms with Crippen LogP contribution in [-0.4, -0.2) is 11.8 Å². The van der Waals surface area contributed by atoms with Crippen LogP contribution < -0.4 is 18.9 Å². The first kappa shape index (κ1) is 13.0. The molecule has 0 spiro atoms. The van der Waals surface area contributed by atoms with Gasteiger partial charge in [-0.25, -0.2) is 0 Å². The largest absolute Gasteiger partial charge is 1.00 e. The zero-order chi connectivity index (χ0) is 7.44. The molecule has 0 unspecified atom stereocenters. The second kappa shape index (κ2) is 6.16. The summed E-state index contributed by atoms with van der Waals surface area (Å²) in [5.41, 5.74) is 0.937. The Morgan fingerprint density at radius 3 is 2.00 bits per heavy atom. The fourth-order valence-electron chi connectivity index (χ4n) is 0.476. The molecule has 0 N–H and O–H groups in total. The van der Waals surface area contributed by atoms with E-state index in [9.17, 15) is 0 Å². The number of rotatable bonds is 2. The quantitative estimate of drug-likeness (QED) is 0.292. The molecule has 0 radical (unpaired) electrons. The van der Waals surface area contributed by atoms with Gasteiger partial charge in [0.1, 0.15) is 0 Å². The van der Waals surface area contributed by atoms with Gasteiger partial charge in [0.15, 0.2) is 0 Å². The molecular formula is C7H13ClLiN. The number of nitrogens with zero attached hydrogens (tertiary/aromatic N) is 1. The van der Waals surface area contributed by atoms with Crippen LogP contribution in [0.3, 0.4) is 0 Å². The van der Waals surface area contributed by atoms with Crippen molar-refractivity contribution in [1.82, 2.24) is 0 Å². The molecule has 0 atom stereocenters. The Morgan fingerprint density at radius 1 is 1.50 bits per heavy atom. The first-order chi connectivity index (χ1) is 4.04. The maximum absolute atomic E-state index is 5.66. The van der Waals surface area contributed by atoms with E-state index in [1.165, 1.54) is 0 Å². The van der Waals surface area contributed by atoms with Crippen LogP contribution in [-0.2, 0) is 0 Å². The van der Waals surface area contributed by atoms with E-state index in [2.05, 4.69) is 4.99 Å². The molecule has 0 heterocycles. The Kier molecular flexibility index (Phi) is 8.04. The molecule has 0 aromatic rings. The van der Waals surface area contributed by atoms with Gasteiger partial charge in [-0.3, -0.25) is 5.38 Å². The van der Waals surface area contributed by atoms with Gasteiger partial charge in [-0.1, -0.05) is 6.92 Å². The maximum Gasteiger partial charge on any atom is 1.00 e. The van der Waals surface area contributed by atoms with Crippen molar-refractivity contribution in [3.8, 4) is 0 Å². The first-order valence-corrected chi connectivity index (χ1v) is 3.45. The van der Waals surface area contributed by atoms with E-state index >= 15 is 0 Å². The Hall–Kier alpha value is 0.427. The number of hydrogen-bond donors (Lipinski definition) is 0. The third-order valence-electron chi connectivity index (χ3n) is 0.950. The van der Waals surface area contributed by atoms with Crippen molar-refractivity contribution in [2.45, 2.75) is 33.7 Å². The van der Waals surface area contributed by atoms with E-state index in [1.807, 2.05) is 27.7 Å². The van der Waals surface area contributed by atoms with Crippen LogP contribution in [0.5, 0.6) is 0 Å². The molecule has 0 aliphatic heterocycles. The van der Waals surface area contributed by atoms with Crippen molar-refractivity contribution in [3.05, 3.63) is 5.38 Å². The second-order valence-corrected chi connectivity index (χ2v) is 2.91. The zero-order valence-electron chi connectivity index (χ0n) is 7.40. The van der Waals surface area contributed by atoms with E-state index in [0.29, 0.717) is 6.04 Å². The van der Waals surface area contributed by atoms with E-state index < -0.39 is 0 Å². The third kappa shape index (κ3) is 6.55. The standard InChI is InChI=1S/C7H13ClN.Li/c1-5(2)9-7(4)6(3)8;/h5H,1-4H3;/q-1;+1. The van der Waals surface area contributed by atoms with Crippen molar-refractivity contribution >= 4 is 17.3 Å². The summed E-state index contributed by atoms with van der Waals surface area (Å²) in [4.78, 5) is 4.22. The minimum Gasteiger partial charge on any atom is -0.322 e. The Bertz CT molecular complexity index is 110. The number of aliphatic imine (C=N–C) groups is 1. The van der Waals surface area contributed by atoms with Crippen molar-refractivity contribution in [1.29, 1.82) is 0 Å². The average molecular weight is 154 g/mol. The predicted octanol–water partition coefficient (Wildman–Crippen LogP) is -0.350. The molecule has 0 rings (SSSR count). The van der Waals surface area contributed by atoms with Crippen LogP contribution in [0.1, 0.15) is 27.7 Å². The minimum atomic E-state index is 0. The molecule has 0 amide bonds. The van der Waals surface area contributed by atoms with E-state index in [1.54, 1.807) is 0 Å². The normalized spacial score (nSPS) is 11.2. The third-order valence-corrected chi connectivity index (χ3v) is 1.22. The Balaban J connectivity index is 0. The maximum atomic E-state index is 5.66. The van der Waals surface area contributed by atoms with Crippen LogP contribution in [0.15, 0.2) is 4.99 Å². The average Bonchev–Trinajstić information content (AvgIpc) is 1.63.